The lowest BCUT2D eigenvalue weighted by Crippen LogP contribution is -2.10. The van der Waals surface area contributed by atoms with Gasteiger partial charge in [-0.25, -0.2) is 0 Å². The minimum Gasteiger partial charge on any atom is -0.309 e. The highest BCUT2D eigenvalue weighted by Gasteiger charge is 2.20. The molecule has 0 amide bonds. The Bertz CT molecular complexity index is 2800. The number of rotatable bonds is 4. The Balaban J connectivity index is 1.21. The zero-order valence-corrected chi connectivity index (χ0v) is 27.0. The molecule has 0 radical (unpaired) electrons. The predicted octanol–water partition coefficient (Wildman–Crippen LogP) is 13.9. The Morgan fingerprint density at radius 3 is 1.89 bits per heavy atom. The van der Waals surface area contributed by atoms with Crippen LogP contribution >= 0.6 is 22.7 Å². The highest BCUT2D eigenvalue weighted by molar-refractivity contribution is 7.26. The third-order valence-electron chi connectivity index (χ3n) is 9.45. The highest BCUT2D eigenvalue weighted by Crippen LogP contribution is 2.47. The van der Waals surface area contributed by atoms with Crippen molar-refractivity contribution < 1.29 is 0 Å². The molecule has 0 unspecified atom stereocenters. The first kappa shape index (κ1) is 26.7. The summed E-state index contributed by atoms with van der Waals surface area (Å²) < 4.78 is 5.25. The molecule has 0 aliphatic heterocycles. The standard InChI is InChI=1S/C44H27NS2/c1-3-12-33-28(9-1)11-7-15-34(33)30-19-22-31(23-20-30)45(39-17-8-16-37-36-14-5-6-18-40(36)47-44(37)39)32-24-26-41-38(27-32)43-35-13-4-2-10-29(35)21-25-42(43)46-41/h1-27H. The van der Waals surface area contributed by atoms with Gasteiger partial charge in [0.05, 0.1) is 10.4 Å². The average Bonchev–Trinajstić information content (AvgIpc) is 3.71. The minimum absolute atomic E-state index is 1.14. The second kappa shape index (κ2) is 10.5. The molecule has 3 heteroatoms. The Morgan fingerprint density at radius 1 is 0.383 bits per heavy atom. The molecule has 0 saturated carbocycles. The van der Waals surface area contributed by atoms with Gasteiger partial charge in [0.15, 0.2) is 0 Å². The molecule has 0 spiro atoms. The molecule has 0 bridgehead atoms. The van der Waals surface area contributed by atoms with Crippen LogP contribution in [-0.2, 0) is 0 Å². The fourth-order valence-corrected chi connectivity index (χ4v) is 9.59. The lowest BCUT2D eigenvalue weighted by molar-refractivity contribution is 1.31. The van der Waals surface area contributed by atoms with E-state index in [4.69, 9.17) is 0 Å². The maximum Gasteiger partial charge on any atom is 0.0640 e. The normalized spacial score (nSPS) is 11.8. The first-order chi connectivity index (χ1) is 23.3. The van der Waals surface area contributed by atoms with Gasteiger partial charge in [0, 0.05) is 47.0 Å². The zero-order chi connectivity index (χ0) is 30.9. The molecule has 0 saturated heterocycles. The Hall–Kier alpha value is -5.48. The van der Waals surface area contributed by atoms with Crippen LogP contribution in [0.4, 0.5) is 17.1 Å². The average molecular weight is 634 g/mol. The molecule has 0 aliphatic rings. The number of benzene rings is 8. The van der Waals surface area contributed by atoms with E-state index in [-0.39, 0.29) is 0 Å². The smallest absolute Gasteiger partial charge is 0.0640 e. The lowest BCUT2D eigenvalue weighted by Gasteiger charge is -2.26. The summed E-state index contributed by atoms with van der Waals surface area (Å²) in [5, 5.41) is 10.4. The molecule has 0 atom stereocenters. The number of thiophene rings is 2. The fourth-order valence-electron chi connectivity index (χ4n) is 7.28. The van der Waals surface area contributed by atoms with E-state index >= 15 is 0 Å². The van der Waals surface area contributed by atoms with E-state index in [1.807, 2.05) is 22.7 Å². The van der Waals surface area contributed by atoms with Gasteiger partial charge in [0.2, 0.25) is 0 Å². The van der Waals surface area contributed by atoms with Crippen LogP contribution in [0.15, 0.2) is 164 Å². The van der Waals surface area contributed by atoms with Gasteiger partial charge >= 0.3 is 0 Å². The molecule has 2 aromatic heterocycles. The van der Waals surface area contributed by atoms with Crippen LogP contribution in [0, 0.1) is 0 Å². The van der Waals surface area contributed by atoms with Crippen LogP contribution in [0.25, 0.3) is 73.0 Å². The molecule has 47 heavy (non-hydrogen) atoms. The summed E-state index contributed by atoms with van der Waals surface area (Å²) in [5.41, 5.74) is 5.98. The van der Waals surface area contributed by atoms with Gasteiger partial charge in [0.25, 0.3) is 0 Å². The number of hydrogen-bond donors (Lipinski definition) is 0. The lowest BCUT2D eigenvalue weighted by atomic mass is 9.98. The van der Waals surface area contributed by atoms with Crippen LogP contribution in [0.3, 0.4) is 0 Å². The summed E-state index contributed by atoms with van der Waals surface area (Å²) in [7, 11) is 0. The molecule has 10 rings (SSSR count). The van der Waals surface area contributed by atoms with Crippen molar-refractivity contribution in [2.24, 2.45) is 0 Å². The van der Waals surface area contributed by atoms with Crippen molar-refractivity contribution in [3.63, 3.8) is 0 Å². The molecular weight excluding hydrogens is 607 g/mol. The number of anilines is 3. The third-order valence-corrected chi connectivity index (χ3v) is 11.8. The second-order valence-corrected chi connectivity index (χ2v) is 14.2. The first-order valence-corrected chi connectivity index (χ1v) is 17.6. The van der Waals surface area contributed by atoms with E-state index < -0.39 is 0 Å². The van der Waals surface area contributed by atoms with Crippen LogP contribution in [0.1, 0.15) is 0 Å². The number of fused-ring (bicyclic) bond motifs is 9. The minimum atomic E-state index is 1.14. The van der Waals surface area contributed by atoms with Crippen LogP contribution in [-0.4, -0.2) is 0 Å². The summed E-state index contributed by atoms with van der Waals surface area (Å²) in [6.07, 6.45) is 0. The third kappa shape index (κ3) is 4.21. The summed E-state index contributed by atoms with van der Waals surface area (Å²) in [6, 6.07) is 60.2. The maximum atomic E-state index is 2.46. The molecule has 1 nitrogen and oxygen atoms in total. The molecule has 8 aromatic carbocycles. The Kier molecular flexibility index (Phi) is 5.98. The van der Waals surface area contributed by atoms with Gasteiger partial charge in [-0.05, 0) is 81.2 Å². The van der Waals surface area contributed by atoms with Crippen molar-refractivity contribution >= 4 is 102 Å². The van der Waals surface area contributed by atoms with E-state index in [0.717, 1.165) is 11.4 Å². The summed E-state index contributed by atoms with van der Waals surface area (Å²) in [5.74, 6) is 0. The van der Waals surface area contributed by atoms with Gasteiger partial charge in [0.1, 0.15) is 0 Å². The first-order valence-electron chi connectivity index (χ1n) is 15.9. The topological polar surface area (TPSA) is 3.24 Å². The van der Waals surface area contributed by atoms with Gasteiger partial charge < -0.3 is 4.90 Å². The molecular formula is C44H27NS2. The molecule has 0 N–H and O–H groups in total. The van der Waals surface area contributed by atoms with E-state index in [1.165, 1.54) is 78.7 Å². The van der Waals surface area contributed by atoms with Crippen molar-refractivity contribution in [3.05, 3.63) is 164 Å². The molecule has 2 heterocycles. The Morgan fingerprint density at radius 2 is 1.02 bits per heavy atom. The van der Waals surface area contributed by atoms with Crippen molar-refractivity contribution in [1.29, 1.82) is 0 Å². The van der Waals surface area contributed by atoms with Gasteiger partial charge in [-0.2, -0.15) is 0 Å². The molecule has 10 aromatic rings. The SMILES string of the molecule is c1ccc2c(-c3ccc(N(c4ccc5sc6ccc7ccccc7c6c5c4)c4cccc5c4sc4ccccc45)cc3)cccc2c1. The van der Waals surface area contributed by atoms with E-state index in [2.05, 4.69) is 169 Å². The summed E-state index contributed by atoms with van der Waals surface area (Å²) in [4.78, 5) is 2.46. The van der Waals surface area contributed by atoms with Crippen molar-refractivity contribution in [1.82, 2.24) is 0 Å². The monoisotopic (exact) mass is 633 g/mol. The Labute approximate surface area is 280 Å². The maximum absolute atomic E-state index is 2.46. The van der Waals surface area contributed by atoms with Gasteiger partial charge in [-0.1, -0.05) is 115 Å². The van der Waals surface area contributed by atoms with Gasteiger partial charge in [-0.3, -0.25) is 0 Å². The fraction of sp³-hybridized carbons (Fsp3) is 0. The zero-order valence-electron chi connectivity index (χ0n) is 25.4. The number of hydrogen-bond acceptors (Lipinski definition) is 3. The summed E-state index contributed by atoms with van der Waals surface area (Å²) in [6.45, 7) is 0. The number of nitrogens with zero attached hydrogens (tertiary/aromatic N) is 1. The van der Waals surface area contributed by atoms with Crippen LogP contribution in [0.2, 0.25) is 0 Å². The quantitative estimate of drug-likeness (QED) is 0.186. The van der Waals surface area contributed by atoms with E-state index in [0.29, 0.717) is 0 Å². The van der Waals surface area contributed by atoms with E-state index in [9.17, 15) is 0 Å². The molecule has 0 aliphatic carbocycles. The highest BCUT2D eigenvalue weighted by atomic mass is 32.1. The van der Waals surface area contributed by atoms with Crippen LogP contribution in [0.5, 0.6) is 0 Å². The van der Waals surface area contributed by atoms with Gasteiger partial charge in [-0.15, -0.1) is 22.7 Å². The van der Waals surface area contributed by atoms with Crippen molar-refractivity contribution in [2.45, 2.75) is 0 Å². The van der Waals surface area contributed by atoms with Crippen LogP contribution < -0.4 is 4.90 Å². The van der Waals surface area contributed by atoms with E-state index in [1.54, 1.807) is 0 Å². The molecule has 220 valence electrons. The van der Waals surface area contributed by atoms with Crippen molar-refractivity contribution in [2.75, 3.05) is 4.90 Å². The molecule has 0 fully saturated rings. The van der Waals surface area contributed by atoms with Crippen molar-refractivity contribution in [3.8, 4) is 11.1 Å². The summed E-state index contributed by atoms with van der Waals surface area (Å²) >= 11 is 3.76. The predicted molar refractivity (Wildman–Crippen MR) is 207 cm³/mol. The largest absolute Gasteiger partial charge is 0.309 e. The second-order valence-electron chi connectivity index (χ2n) is 12.1.